The van der Waals surface area contributed by atoms with Crippen molar-refractivity contribution in [1.29, 1.82) is 0 Å². The second-order valence-electron chi connectivity index (χ2n) is 5.70. The number of imidazole rings is 1. The molecule has 0 aromatic carbocycles. The Labute approximate surface area is 125 Å². The summed E-state index contributed by atoms with van der Waals surface area (Å²) in [5.41, 5.74) is 5.68. The van der Waals surface area contributed by atoms with Crippen LogP contribution in [0.25, 0.3) is 11.4 Å². The van der Waals surface area contributed by atoms with Gasteiger partial charge in [0.15, 0.2) is 0 Å². The quantitative estimate of drug-likeness (QED) is 0.887. The van der Waals surface area contributed by atoms with Crippen LogP contribution in [0.4, 0.5) is 0 Å². The van der Waals surface area contributed by atoms with Gasteiger partial charge in [-0.1, -0.05) is 20.8 Å². The Balaban J connectivity index is 1.94. The van der Waals surface area contributed by atoms with E-state index in [1.165, 1.54) is 11.3 Å². The number of aromatic nitrogens is 4. The lowest BCUT2D eigenvalue weighted by Gasteiger charge is -2.08. The molecule has 3 heterocycles. The molecule has 21 heavy (non-hydrogen) atoms. The van der Waals surface area contributed by atoms with Gasteiger partial charge in [0.25, 0.3) is 0 Å². The van der Waals surface area contributed by atoms with Gasteiger partial charge in [0.1, 0.15) is 11.4 Å². The summed E-state index contributed by atoms with van der Waals surface area (Å²) >= 11 is 0. The normalized spacial score (nSPS) is 22.0. The highest BCUT2D eigenvalue weighted by atomic mass is 16.5. The van der Waals surface area contributed by atoms with Crippen molar-refractivity contribution in [3.05, 3.63) is 23.3 Å². The average molecular weight is 288 g/mol. The molecule has 2 aromatic heterocycles. The Morgan fingerprint density at radius 2 is 2.10 bits per heavy atom. The Morgan fingerprint density at radius 3 is 2.76 bits per heavy atom. The van der Waals surface area contributed by atoms with Crippen molar-refractivity contribution in [1.82, 2.24) is 20.2 Å². The van der Waals surface area contributed by atoms with Crippen LogP contribution in [0.2, 0.25) is 0 Å². The summed E-state index contributed by atoms with van der Waals surface area (Å²) in [6.45, 7) is 7.30. The van der Waals surface area contributed by atoms with E-state index in [-0.39, 0.29) is 0 Å². The van der Waals surface area contributed by atoms with Crippen LogP contribution >= 0.6 is 0 Å². The molecule has 0 spiro atoms. The van der Waals surface area contributed by atoms with Gasteiger partial charge in [-0.2, -0.15) is 5.10 Å². The molecule has 2 atom stereocenters. The fraction of sp³-hybridized carbons (Fsp3) is 0.625. The number of nitrogens with one attached hydrogen (secondary N) is 2. The molecule has 1 saturated heterocycles. The lowest BCUT2D eigenvalue weighted by molar-refractivity contribution is 0.106. The molecule has 1 aliphatic rings. The zero-order valence-corrected chi connectivity index (χ0v) is 13.1. The fourth-order valence-corrected chi connectivity index (χ4v) is 3.26. The van der Waals surface area contributed by atoms with E-state index in [2.05, 4.69) is 40.9 Å². The van der Waals surface area contributed by atoms with Crippen molar-refractivity contribution in [3.8, 4) is 11.4 Å². The number of hydrogen-bond acceptors (Lipinski definition) is 3. The molecule has 0 bridgehead atoms. The molecule has 2 aromatic rings. The SMILES string of the molecule is CCc1[nH]cnc1-c1n[nH]c(C2COC(CC)C2)c1CC. The molecule has 5 nitrogen and oxygen atoms in total. The lowest BCUT2D eigenvalue weighted by Crippen LogP contribution is -2.03. The Morgan fingerprint density at radius 1 is 1.24 bits per heavy atom. The van der Waals surface area contributed by atoms with Crippen LogP contribution in [0.1, 0.15) is 56.5 Å². The van der Waals surface area contributed by atoms with Gasteiger partial charge in [0.2, 0.25) is 0 Å². The minimum absolute atomic E-state index is 0.392. The zero-order chi connectivity index (χ0) is 14.8. The van der Waals surface area contributed by atoms with Gasteiger partial charge in [-0.3, -0.25) is 5.10 Å². The number of H-pyrrole nitrogens is 2. The third-order valence-corrected chi connectivity index (χ3v) is 4.49. The average Bonchev–Trinajstić information content (AvgIpc) is 3.23. The minimum atomic E-state index is 0.392. The van der Waals surface area contributed by atoms with E-state index in [0.717, 1.165) is 49.4 Å². The van der Waals surface area contributed by atoms with Crippen LogP contribution < -0.4 is 0 Å². The molecule has 0 radical (unpaired) electrons. The largest absolute Gasteiger partial charge is 0.378 e. The van der Waals surface area contributed by atoms with Crippen LogP contribution in [0, 0.1) is 0 Å². The minimum Gasteiger partial charge on any atom is -0.378 e. The second kappa shape index (κ2) is 6.02. The number of ether oxygens (including phenoxy) is 1. The van der Waals surface area contributed by atoms with E-state index in [0.29, 0.717) is 12.0 Å². The van der Waals surface area contributed by atoms with Crippen molar-refractivity contribution in [2.45, 2.75) is 58.5 Å². The summed E-state index contributed by atoms with van der Waals surface area (Å²) in [5, 5.41) is 7.84. The predicted molar refractivity (Wildman–Crippen MR) is 82.3 cm³/mol. The van der Waals surface area contributed by atoms with Crippen LogP contribution in [0.5, 0.6) is 0 Å². The van der Waals surface area contributed by atoms with E-state index >= 15 is 0 Å². The lowest BCUT2D eigenvalue weighted by atomic mass is 9.94. The van der Waals surface area contributed by atoms with Crippen LogP contribution in [0.3, 0.4) is 0 Å². The van der Waals surface area contributed by atoms with Gasteiger partial charge in [-0.15, -0.1) is 0 Å². The van der Waals surface area contributed by atoms with Crippen molar-refractivity contribution in [2.24, 2.45) is 0 Å². The summed E-state index contributed by atoms with van der Waals surface area (Å²) in [5.74, 6) is 0.440. The predicted octanol–water partition coefficient (Wildman–Crippen LogP) is 3.21. The molecule has 0 saturated carbocycles. The molecule has 2 unspecified atom stereocenters. The fourth-order valence-electron chi connectivity index (χ4n) is 3.26. The monoisotopic (exact) mass is 288 g/mol. The van der Waals surface area contributed by atoms with E-state index in [9.17, 15) is 0 Å². The van der Waals surface area contributed by atoms with Crippen molar-refractivity contribution < 1.29 is 4.74 Å². The van der Waals surface area contributed by atoms with E-state index < -0.39 is 0 Å². The summed E-state index contributed by atoms with van der Waals surface area (Å²) in [6.07, 6.45) is 6.22. The molecular formula is C16H24N4O. The molecule has 0 aliphatic carbocycles. The van der Waals surface area contributed by atoms with Crippen LogP contribution in [0.15, 0.2) is 6.33 Å². The molecular weight excluding hydrogens is 264 g/mol. The van der Waals surface area contributed by atoms with E-state index in [1.54, 1.807) is 6.33 Å². The molecule has 5 heteroatoms. The van der Waals surface area contributed by atoms with Crippen LogP contribution in [-0.2, 0) is 17.6 Å². The van der Waals surface area contributed by atoms with Gasteiger partial charge in [-0.25, -0.2) is 4.98 Å². The topological polar surface area (TPSA) is 66.6 Å². The molecule has 0 amide bonds. The molecule has 3 rings (SSSR count). The Kier molecular flexibility index (Phi) is 4.10. The van der Waals surface area contributed by atoms with Crippen LogP contribution in [-0.4, -0.2) is 32.9 Å². The third-order valence-electron chi connectivity index (χ3n) is 4.49. The van der Waals surface area contributed by atoms with Crippen molar-refractivity contribution in [3.63, 3.8) is 0 Å². The number of rotatable bonds is 5. The first-order valence-corrected chi connectivity index (χ1v) is 7.99. The van der Waals surface area contributed by atoms with Crippen molar-refractivity contribution in [2.75, 3.05) is 6.61 Å². The second-order valence-corrected chi connectivity index (χ2v) is 5.70. The zero-order valence-electron chi connectivity index (χ0n) is 13.1. The highest BCUT2D eigenvalue weighted by Crippen LogP contribution is 2.35. The van der Waals surface area contributed by atoms with E-state index in [1.807, 2.05) is 0 Å². The Hall–Kier alpha value is -1.62. The number of aromatic amines is 2. The maximum Gasteiger partial charge on any atom is 0.116 e. The van der Waals surface area contributed by atoms with Gasteiger partial charge in [0.05, 0.1) is 19.0 Å². The number of aryl methyl sites for hydroxylation is 1. The smallest absolute Gasteiger partial charge is 0.116 e. The molecule has 114 valence electrons. The summed E-state index contributed by atoms with van der Waals surface area (Å²) in [7, 11) is 0. The molecule has 2 N–H and O–H groups in total. The maximum atomic E-state index is 5.84. The first kappa shape index (κ1) is 14.3. The van der Waals surface area contributed by atoms with Gasteiger partial charge >= 0.3 is 0 Å². The molecule has 1 fully saturated rings. The number of nitrogens with zero attached hydrogens (tertiary/aromatic N) is 2. The third kappa shape index (κ3) is 2.50. The van der Waals surface area contributed by atoms with E-state index in [4.69, 9.17) is 4.74 Å². The summed E-state index contributed by atoms with van der Waals surface area (Å²) in [6, 6.07) is 0. The van der Waals surface area contributed by atoms with Crippen molar-refractivity contribution >= 4 is 0 Å². The number of hydrogen-bond donors (Lipinski definition) is 2. The Bertz CT molecular complexity index is 601. The first-order valence-electron chi connectivity index (χ1n) is 7.99. The summed E-state index contributed by atoms with van der Waals surface area (Å²) < 4.78 is 5.84. The highest BCUT2D eigenvalue weighted by Gasteiger charge is 2.30. The van der Waals surface area contributed by atoms with Gasteiger partial charge in [0, 0.05) is 22.9 Å². The maximum absolute atomic E-state index is 5.84. The van der Waals surface area contributed by atoms with Gasteiger partial charge < -0.3 is 9.72 Å². The molecule has 1 aliphatic heterocycles. The summed E-state index contributed by atoms with van der Waals surface area (Å²) in [4.78, 5) is 7.68. The highest BCUT2D eigenvalue weighted by molar-refractivity contribution is 5.63. The first-order chi connectivity index (χ1) is 10.3. The van der Waals surface area contributed by atoms with Gasteiger partial charge in [-0.05, 0) is 25.7 Å². The standard InChI is InChI=1S/C16H24N4O/c1-4-11-7-10(8-21-11)14-12(5-2)15(20-19-14)16-13(6-3)17-9-18-16/h9-11H,4-8H2,1-3H3,(H,17,18)(H,19,20).